The minimum Gasteiger partial charge on any atom is -0.508 e. The average Bonchev–Trinajstić information content (AvgIpc) is 2.84. The lowest BCUT2D eigenvalue weighted by molar-refractivity contribution is 0.475. The first kappa shape index (κ1) is 25.5. The molecular weight excluding hydrogens is 468 g/mol. The number of hydrogen-bond donors (Lipinski definition) is 1. The highest BCUT2D eigenvalue weighted by molar-refractivity contribution is 7.91. The van der Waals surface area contributed by atoms with Gasteiger partial charge in [-0.25, -0.2) is 8.42 Å². The van der Waals surface area contributed by atoms with Crippen LogP contribution >= 0.6 is 0 Å². The first-order valence-corrected chi connectivity index (χ1v) is 13.4. The van der Waals surface area contributed by atoms with Gasteiger partial charge >= 0.3 is 0 Å². The highest BCUT2D eigenvalue weighted by Crippen LogP contribution is 2.35. The monoisotopic (exact) mass is 500 g/mol. The molecule has 0 saturated carbocycles. The van der Waals surface area contributed by atoms with Crippen LogP contribution in [0.3, 0.4) is 0 Å². The van der Waals surface area contributed by atoms with Gasteiger partial charge in [0.05, 0.1) is 9.79 Å². The van der Waals surface area contributed by atoms with Crippen molar-refractivity contribution < 1.29 is 18.3 Å². The van der Waals surface area contributed by atoms with E-state index < -0.39 is 9.84 Å². The number of hydrogen-bond acceptors (Lipinski definition) is 4. The number of benzene rings is 4. The number of phenolic OH excluding ortho intramolecular Hbond substituents is 1. The molecule has 4 nitrogen and oxygen atoms in total. The van der Waals surface area contributed by atoms with E-state index in [1.807, 2.05) is 12.1 Å². The molecule has 4 rings (SSSR count). The van der Waals surface area contributed by atoms with E-state index in [9.17, 15) is 13.5 Å². The molecule has 0 heterocycles. The molecule has 4 aromatic carbocycles. The average molecular weight is 501 g/mol. The molecule has 0 atom stereocenters. The predicted octanol–water partition coefficient (Wildman–Crippen LogP) is 7.64. The van der Waals surface area contributed by atoms with Gasteiger partial charge in [0.15, 0.2) is 0 Å². The molecule has 186 valence electrons. The maximum atomic E-state index is 12.8. The highest BCUT2D eigenvalue weighted by atomic mass is 32.2. The van der Waals surface area contributed by atoms with Gasteiger partial charge in [0.25, 0.3) is 0 Å². The van der Waals surface area contributed by atoms with Crippen LogP contribution in [0.2, 0.25) is 0 Å². The molecule has 0 aliphatic rings. The molecule has 0 spiro atoms. The molecular formula is C31H32O4S. The summed E-state index contributed by atoms with van der Waals surface area (Å²) in [5.41, 5.74) is 3.69. The smallest absolute Gasteiger partial charge is 0.206 e. The molecule has 1 N–H and O–H groups in total. The van der Waals surface area contributed by atoms with Crippen LogP contribution in [0.15, 0.2) is 107 Å². The van der Waals surface area contributed by atoms with Crippen molar-refractivity contribution in [1.82, 2.24) is 0 Å². The van der Waals surface area contributed by atoms with Gasteiger partial charge in [-0.05, 0) is 82.8 Å². The second-order valence-electron chi connectivity index (χ2n) is 10.5. The molecule has 0 radical (unpaired) electrons. The molecule has 4 aromatic rings. The van der Waals surface area contributed by atoms with Gasteiger partial charge in [0.1, 0.15) is 17.2 Å². The molecule has 0 bridgehead atoms. The second-order valence-corrected chi connectivity index (χ2v) is 12.5. The van der Waals surface area contributed by atoms with Crippen LogP contribution in [0.5, 0.6) is 17.2 Å². The van der Waals surface area contributed by atoms with Crippen LogP contribution in [-0.4, -0.2) is 13.5 Å². The number of rotatable bonds is 6. The number of aromatic hydroxyl groups is 1. The maximum absolute atomic E-state index is 12.8. The summed E-state index contributed by atoms with van der Waals surface area (Å²) in [5.74, 6) is 1.24. The Morgan fingerprint density at radius 2 is 0.917 bits per heavy atom. The van der Waals surface area contributed by atoms with Gasteiger partial charge in [0, 0.05) is 5.41 Å². The zero-order valence-electron chi connectivity index (χ0n) is 21.3. The summed E-state index contributed by atoms with van der Waals surface area (Å²) >= 11 is 0. The summed E-state index contributed by atoms with van der Waals surface area (Å²) in [5, 5.41) is 9.41. The fourth-order valence-corrected chi connectivity index (χ4v) is 5.34. The maximum Gasteiger partial charge on any atom is 0.206 e. The third-order valence-corrected chi connectivity index (χ3v) is 8.35. The summed E-state index contributed by atoms with van der Waals surface area (Å²) < 4.78 is 31.6. The summed E-state index contributed by atoms with van der Waals surface area (Å²) in [6.45, 7) is 11.1. The molecule has 0 aliphatic heterocycles. The van der Waals surface area contributed by atoms with E-state index in [0.29, 0.717) is 11.5 Å². The Kier molecular flexibility index (Phi) is 6.72. The fourth-order valence-electron chi connectivity index (χ4n) is 4.08. The van der Waals surface area contributed by atoms with Gasteiger partial charge < -0.3 is 9.84 Å². The third-order valence-electron chi connectivity index (χ3n) is 6.57. The van der Waals surface area contributed by atoms with Crippen molar-refractivity contribution in [2.75, 3.05) is 0 Å². The first-order chi connectivity index (χ1) is 16.9. The summed E-state index contributed by atoms with van der Waals surface area (Å²) in [6, 6.07) is 28.6. The van der Waals surface area contributed by atoms with Gasteiger partial charge in [-0.15, -0.1) is 0 Å². The zero-order valence-corrected chi connectivity index (χ0v) is 22.1. The highest BCUT2D eigenvalue weighted by Gasteiger charge is 2.24. The third kappa shape index (κ3) is 5.31. The standard InChI is InChI=1S/C31H32O4S/c1-30(2,3)22-6-8-23(9-7-22)31(4,5)24-10-14-26(15-11-24)35-27-16-20-29(21-17-27)36(33,34)28-18-12-25(32)13-19-28/h6-21,32H,1-5H3. The molecule has 0 aliphatic carbocycles. The van der Waals surface area contributed by atoms with Crippen LogP contribution < -0.4 is 4.74 Å². The Labute approximate surface area is 214 Å². The van der Waals surface area contributed by atoms with E-state index in [0.717, 1.165) is 0 Å². The van der Waals surface area contributed by atoms with Crippen LogP contribution in [-0.2, 0) is 20.7 Å². The number of ether oxygens (including phenoxy) is 1. The normalized spacial score (nSPS) is 12.4. The van der Waals surface area contributed by atoms with Gasteiger partial charge in [-0.3, -0.25) is 0 Å². The van der Waals surface area contributed by atoms with Crippen molar-refractivity contribution in [1.29, 1.82) is 0 Å². The van der Waals surface area contributed by atoms with Crippen LogP contribution in [0.25, 0.3) is 0 Å². The Balaban J connectivity index is 1.48. The number of sulfone groups is 1. The van der Waals surface area contributed by atoms with Crippen molar-refractivity contribution in [3.63, 3.8) is 0 Å². The second kappa shape index (κ2) is 9.47. The summed E-state index contributed by atoms with van der Waals surface area (Å²) in [4.78, 5) is 0.287. The molecule has 0 amide bonds. The number of phenols is 1. The Morgan fingerprint density at radius 3 is 1.36 bits per heavy atom. The Hall–Kier alpha value is -3.57. The van der Waals surface area contributed by atoms with Crippen molar-refractivity contribution in [2.24, 2.45) is 0 Å². The fraction of sp³-hybridized carbons (Fsp3) is 0.226. The Morgan fingerprint density at radius 1 is 0.556 bits per heavy atom. The minimum atomic E-state index is -3.67. The van der Waals surface area contributed by atoms with E-state index in [2.05, 4.69) is 71.0 Å². The van der Waals surface area contributed by atoms with Crippen molar-refractivity contribution in [3.8, 4) is 17.2 Å². The van der Waals surface area contributed by atoms with Crippen molar-refractivity contribution >= 4 is 9.84 Å². The van der Waals surface area contributed by atoms with E-state index in [1.165, 1.54) is 53.1 Å². The lowest BCUT2D eigenvalue weighted by Gasteiger charge is -2.28. The Bertz CT molecular complexity index is 1430. The van der Waals surface area contributed by atoms with Crippen molar-refractivity contribution in [3.05, 3.63) is 114 Å². The van der Waals surface area contributed by atoms with E-state index in [1.54, 1.807) is 12.1 Å². The van der Waals surface area contributed by atoms with Crippen LogP contribution in [0.4, 0.5) is 0 Å². The van der Waals surface area contributed by atoms with Gasteiger partial charge in [-0.1, -0.05) is 71.0 Å². The lowest BCUT2D eigenvalue weighted by atomic mass is 9.77. The minimum absolute atomic E-state index is 0.0190. The largest absolute Gasteiger partial charge is 0.508 e. The summed E-state index contributed by atoms with van der Waals surface area (Å²) in [6.07, 6.45) is 0. The molecule has 0 unspecified atom stereocenters. The van der Waals surface area contributed by atoms with Crippen LogP contribution in [0.1, 0.15) is 51.3 Å². The van der Waals surface area contributed by atoms with E-state index >= 15 is 0 Å². The molecule has 0 fully saturated rings. The van der Waals surface area contributed by atoms with Gasteiger partial charge in [-0.2, -0.15) is 0 Å². The van der Waals surface area contributed by atoms with Crippen molar-refractivity contribution in [2.45, 2.75) is 55.2 Å². The zero-order chi connectivity index (χ0) is 26.1. The SMILES string of the molecule is CC(C)(C)c1ccc(C(C)(C)c2ccc(Oc3ccc(S(=O)(=O)c4ccc(O)cc4)cc3)cc2)cc1. The molecule has 0 saturated heterocycles. The van der Waals surface area contributed by atoms with E-state index in [-0.39, 0.29) is 26.4 Å². The lowest BCUT2D eigenvalue weighted by Crippen LogP contribution is -2.19. The molecule has 0 aromatic heterocycles. The van der Waals surface area contributed by atoms with Crippen LogP contribution in [0, 0.1) is 0 Å². The topological polar surface area (TPSA) is 63.6 Å². The first-order valence-electron chi connectivity index (χ1n) is 11.9. The quantitative estimate of drug-likeness (QED) is 0.295. The molecule has 36 heavy (non-hydrogen) atoms. The van der Waals surface area contributed by atoms with Gasteiger partial charge in [0.2, 0.25) is 9.84 Å². The van der Waals surface area contributed by atoms with E-state index in [4.69, 9.17) is 4.74 Å². The molecule has 5 heteroatoms. The predicted molar refractivity (Wildman–Crippen MR) is 144 cm³/mol. The summed E-state index contributed by atoms with van der Waals surface area (Å²) in [7, 11) is -3.67.